The summed E-state index contributed by atoms with van der Waals surface area (Å²) in [6.45, 7) is 4.27. The van der Waals surface area contributed by atoms with E-state index >= 15 is 0 Å². The first kappa shape index (κ1) is 22.9. The molecule has 0 spiro atoms. The van der Waals surface area contributed by atoms with Crippen LogP contribution in [0.2, 0.25) is 0 Å². The third-order valence-electron chi connectivity index (χ3n) is 4.14. The fourth-order valence-corrected chi connectivity index (χ4v) is 3.52. The highest BCUT2D eigenvalue weighted by molar-refractivity contribution is 9.10. The number of unbranched alkanes of at least 4 members (excludes halogenated alkanes) is 1. The van der Waals surface area contributed by atoms with Crippen LogP contribution >= 0.6 is 15.9 Å². The molecule has 4 nitrogen and oxygen atoms in total. The SMILES string of the molecule is CC.O=C1c2ccccc2C(=O)N1CCCCc1cc(Br)cc(OC(F)(F)F)c1. The Morgan fingerprint density at radius 2 is 1.55 bits per heavy atom. The number of halogens is 4. The highest BCUT2D eigenvalue weighted by Crippen LogP contribution is 2.28. The van der Waals surface area contributed by atoms with Gasteiger partial charge in [0.15, 0.2) is 0 Å². The van der Waals surface area contributed by atoms with E-state index in [1.165, 1.54) is 17.0 Å². The van der Waals surface area contributed by atoms with Crippen molar-refractivity contribution in [2.24, 2.45) is 0 Å². The van der Waals surface area contributed by atoms with Crippen molar-refractivity contribution in [2.45, 2.75) is 39.5 Å². The second kappa shape index (κ2) is 9.91. The predicted molar refractivity (Wildman–Crippen MR) is 107 cm³/mol. The Bertz CT molecular complexity index is 849. The fourth-order valence-electron chi connectivity index (χ4n) is 3.00. The molecule has 2 aromatic carbocycles. The summed E-state index contributed by atoms with van der Waals surface area (Å²) < 4.78 is 41.5. The molecule has 0 fully saturated rings. The Balaban J connectivity index is 0.00000145. The number of hydrogen-bond acceptors (Lipinski definition) is 3. The molecule has 2 aromatic rings. The van der Waals surface area contributed by atoms with Gasteiger partial charge in [0.25, 0.3) is 11.8 Å². The van der Waals surface area contributed by atoms with E-state index in [2.05, 4.69) is 20.7 Å². The molecule has 1 heterocycles. The number of fused-ring (bicyclic) bond motifs is 1. The van der Waals surface area contributed by atoms with E-state index in [1.807, 2.05) is 13.8 Å². The van der Waals surface area contributed by atoms with Crippen LogP contribution in [0.4, 0.5) is 13.2 Å². The summed E-state index contributed by atoms with van der Waals surface area (Å²) in [4.78, 5) is 25.8. The van der Waals surface area contributed by atoms with Crippen molar-refractivity contribution >= 4 is 27.7 Å². The highest BCUT2D eigenvalue weighted by atomic mass is 79.9. The second-order valence-electron chi connectivity index (χ2n) is 6.11. The van der Waals surface area contributed by atoms with E-state index in [1.54, 1.807) is 30.3 Å². The molecular formula is C21H21BrF3NO3. The minimum atomic E-state index is -4.75. The number of nitrogens with zero attached hydrogens (tertiary/aromatic N) is 1. The number of aryl methyl sites for hydroxylation is 1. The smallest absolute Gasteiger partial charge is 0.406 e. The first-order chi connectivity index (χ1) is 13.7. The number of alkyl halides is 3. The number of hydrogen-bond donors (Lipinski definition) is 0. The molecule has 1 aliphatic rings. The molecule has 0 aromatic heterocycles. The highest BCUT2D eigenvalue weighted by Gasteiger charge is 2.34. The molecule has 29 heavy (non-hydrogen) atoms. The maximum atomic E-state index is 12.4. The maximum Gasteiger partial charge on any atom is 0.573 e. The van der Waals surface area contributed by atoms with Gasteiger partial charge in [-0.25, -0.2) is 0 Å². The summed E-state index contributed by atoms with van der Waals surface area (Å²) in [5, 5.41) is 0. The van der Waals surface area contributed by atoms with Gasteiger partial charge in [0.05, 0.1) is 11.1 Å². The minimum absolute atomic E-state index is 0.270. The van der Waals surface area contributed by atoms with Gasteiger partial charge in [-0.05, 0) is 55.2 Å². The van der Waals surface area contributed by atoms with Gasteiger partial charge in [-0.1, -0.05) is 41.9 Å². The van der Waals surface area contributed by atoms with Crippen molar-refractivity contribution in [3.63, 3.8) is 0 Å². The first-order valence-corrected chi connectivity index (χ1v) is 10.0. The van der Waals surface area contributed by atoms with Crippen molar-refractivity contribution in [1.29, 1.82) is 0 Å². The van der Waals surface area contributed by atoms with E-state index in [0.29, 0.717) is 40.4 Å². The molecule has 0 N–H and O–H groups in total. The van der Waals surface area contributed by atoms with Crippen LogP contribution in [0.5, 0.6) is 5.75 Å². The lowest BCUT2D eigenvalue weighted by atomic mass is 10.1. The van der Waals surface area contributed by atoms with Crippen LogP contribution in [-0.2, 0) is 6.42 Å². The number of rotatable bonds is 6. The Morgan fingerprint density at radius 1 is 0.966 bits per heavy atom. The molecular weight excluding hydrogens is 451 g/mol. The lowest BCUT2D eigenvalue weighted by Gasteiger charge is -2.14. The van der Waals surface area contributed by atoms with Gasteiger partial charge in [0.1, 0.15) is 5.75 Å². The van der Waals surface area contributed by atoms with E-state index in [4.69, 9.17) is 0 Å². The van der Waals surface area contributed by atoms with Gasteiger partial charge < -0.3 is 4.74 Å². The van der Waals surface area contributed by atoms with Crippen molar-refractivity contribution in [3.05, 3.63) is 63.6 Å². The number of carbonyl (C=O) groups excluding carboxylic acids is 2. The predicted octanol–water partition coefficient (Wildman–Crippen LogP) is 5.99. The molecule has 3 rings (SSSR count). The van der Waals surface area contributed by atoms with Crippen molar-refractivity contribution < 1.29 is 27.5 Å². The van der Waals surface area contributed by atoms with Crippen LogP contribution in [0.25, 0.3) is 0 Å². The molecule has 156 valence electrons. The van der Waals surface area contributed by atoms with E-state index in [0.717, 1.165) is 0 Å². The zero-order chi connectivity index (χ0) is 21.6. The van der Waals surface area contributed by atoms with Gasteiger partial charge in [-0.2, -0.15) is 0 Å². The van der Waals surface area contributed by atoms with Gasteiger partial charge in [0, 0.05) is 11.0 Å². The summed E-state index contributed by atoms with van der Waals surface area (Å²) >= 11 is 3.17. The van der Waals surface area contributed by atoms with Crippen LogP contribution in [0.3, 0.4) is 0 Å². The zero-order valence-electron chi connectivity index (χ0n) is 16.1. The molecule has 0 bridgehead atoms. The Labute approximate surface area is 175 Å². The second-order valence-corrected chi connectivity index (χ2v) is 7.02. The fraction of sp³-hybridized carbons (Fsp3) is 0.333. The van der Waals surface area contributed by atoms with Crippen LogP contribution in [0.15, 0.2) is 46.9 Å². The summed E-state index contributed by atoms with van der Waals surface area (Å²) in [5.41, 5.74) is 1.48. The van der Waals surface area contributed by atoms with Gasteiger partial charge in [-0.3, -0.25) is 14.5 Å². The van der Waals surface area contributed by atoms with Crippen LogP contribution in [-0.4, -0.2) is 29.6 Å². The lowest BCUT2D eigenvalue weighted by molar-refractivity contribution is -0.274. The molecule has 0 radical (unpaired) electrons. The monoisotopic (exact) mass is 471 g/mol. The minimum Gasteiger partial charge on any atom is -0.406 e. The maximum absolute atomic E-state index is 12.4. The molecule has 0 unspecified atom stereocenters. The first-order valence-electron chi connectivity index (χ1n) is 9.25. The van der Waals surface area contributed by atoms with E-state index in [-0.39, 0.29) is 24.1 Å². The lowest BCUT2D eigenvalue weighted by Crippen LogP contribution is -2.30. The number of benzene rings is 2. The Hall–Kier alpha value is -2.35. The van der Waals surface area contributed by atoms with E-state index in [9.17, 15) is 22.8 Å². The van der Waals surface area contributed by atoms with Gasteiger partial charge in [-0.15, -0.1) is 13.2 Å². The molecule has 0 saturated heterocycles. The van der Waals surface area contributed by atoms with Crippen molar-refractivity contribution in [3.8, 4) is 5.75 Å². The number of amides is 2. The topological polar surface area (TPSA) is 46.6 Å². The summed E-state index contributed by atoms with van der Waals surface area (Å²) in [6, 6.07) is 11.0. The van der Waals surface area contributed by atoms with E-state index < -0.39 is 6.36 Å². The molecule has 2 amide bonds. The molecule has 1 aliphatic heterocycles. The number of ether oxygens (including phenoxy) is 1. The average Bonchev–Trinajstić information content (AvgIpc) is 2.90. The molecule has 0 atom stereocenters. The van der Waals surface area contributed by atoms with Crippen molar-refractivity contribution in [2.75, 3.05) is 6.54 Å². The quantitative estimate of drug-likeness (QED) is 0.383. The van der Waals surface area contributed by atoms with Crippen LogP contribution < -0.4 is 4.74 Å². The third kappa shape index (κ3) is 6.06. The molecule has 0 saturated carbocycles. The molecule has 0 aliphatic carbocycles. The average molecular weight is 472 g/mol. The standard InChI is InChI=1S/C19H15BrF3NO3.C2H6/c20-13-9-12(10-14(11-13)27-19(21,22)23)5-3-4-8-24-17(25)15-6-1-2-7-16(15)18(24)26;1-2/h1-2,6-7,9-11H,3-5,8H2;1-2H3. The summed E-state index contributed by atoms with van der Waals surface area (Å²) in [7, 11) is 0. The summed E-state index contributed by atoms with van der Waals surface area (Å²) in [6.07, 6.45) is -3.09. The Kier molecular flexibility index (Phi) is 7.84. The van der Waals surface area contributed by atoms with Crippen LogP contribution in [0, 0.1) is 0 Å². The van der Waals surface area contributed by atoms with Crippen molar-refractivity contribution in [1.82, 2.24) is 4.90 Å². The van der Waals surface area contributed by atoms with Gasteiger partial charge in [0.2, 0.25) is 0 Å². The zero-order valence-corrected chi connectivity index (χ0v) is 17.6. The summed E-state index contributed by atoms with van der Waals surface area (Å²) in [5.74, 6) is -0.898. The van der Waals surface area contributed by atoms with Gasteiger partial charge >= 0.3 is 6.36 Å². The Morgan fingerprint density at radius 3 is 2.10 bits per heavy atom. The largest absolute Gasteiger partial charge is 0.573 e. The molecule has 8 heteroatoms. The normalized spacial score (nSPS) is 13.1. The number of carbonyl (C=O) groups is 2. The number of imide groups is 1. The van der Waals surface area contributed by atoms with Crippen LogP contribution in [0.1, 0.15) is 53.0 Å². The third-order valence-corrected chi connectivity index (χ3v) is 4.60.